The maximum Gasteiger partial charge on any atom is 0.196 e. The number of aryl methyl sites for hydroxylation is 1. The molecule has 0 bridgehead atoms. The molecule has 2 aromatic carbocycles. The van der Waals surface area contributed by atoms with E-state index in [0.717, 1.165) is 5.56 Å². The standard InChI is InChI=1S/C16H12Cl2O2/c1-9-2-4-10(5-3-9)15-16(20-15)14(19)12-7-6-11(17)8-13(12)18/h2-8,15-16H,1H3/t15-,16-/m0/s1. The number of epoxide rings is 1. The molecule has 4 heteroatoms. The van der Waals surface area contributed by atoms with Gasteiger partial charge >= 0.3 is 0 Å². The van der Waals surface area contributed by atoms with Crippen molar-refractivity contribution in [3.63, 3.8) is 0 Å². The van der Waals surface area contributed by atoms with E-state index in [9.17, 15) is 4.79 Å². The van der Waals surface area contributed by atoms with Gasteiger partial charge < -0.3 is 4.74 Å². The molecule has 0 unspecified atom stereocenters. The number of benzene rings is 2. The van der Waals surface area contributed by atoms with Crippen LogP contribution in [0.1, 0.15) is 27.6 Å². The molecule has 0 spiro atoms. The molecule has 2 aromatic rings. The second-order valence-corrected chi connectivity index (χ2v) is 5.72. The Hall–Kier alpha value is -1.35. The van der Waals surface area contributed by atoms with Gasteiger partial charge in [0.25, 0.3) is 0 Å². The number of carbonyl (C=O) groups excluding carboxylic acids is 1. The van der Waals surface area contributed by atoms with Gasteiger partial charge in [0.05, 0.1) is 5.02 Å². The van der Waals surface area contributed by atoms with Crippen LogP contribution < -0.4 is 0 Å². The van der Waals surface area contributed by atoms with Crippen molar-refractivity contribution in [1.29, 1.82) is 0 Å². The molecule has 1 aliphatic rings. The fourth-order valence-electron chi connectivity index (χ4n) is 2.16. The Bertz CT molecular complexity index is 665. The highest BCUT2D eigenvalue weighted by Gasteiger charge is 2.46. The second kappa shape index (κ2) is 5.21. The van der Waals surface area contributed by atoms with E-state index < -0.39 is 6.10 Å². The Kier molecular flexibility index (Phi) is 3.55. The number of carbonyl (C=O) groups is 1. The van der Waals surface area contributed by atoms with Crippen LogP contribution in [0.5, 0.6) is 0 Å². The summed E-state index contributed by atoms with van der Waals surface area (Å²) in [6.45, 7) is 2.02. The third-order valence-corrected chi connectivity index (χ3v) is 3.90. The SMILES string of the molecule is Cc1ccc([C@@H]2O[C@H]2C(=O)c2ccc(Cl)cc2Cl)cc1. The number of hydrogen-bond donors (Lipinski definition) is 0. The molecule has 0 radical (unpaired) electrons. The Morgan fingerprint density at radius 3 is 2.45 bits per heavy atom. The van der Waals surface area contributed by atoms with Crippen molar-refractivity contribution in [2.45, 2.75) is 19.1 Å². The van der Waals surface area contributed by atoms with Crippen molar-refractivity contribution in [1.82, 2.24) is 0 Å². The van der Waals surface area contributed by atoms with E-state index in [2.05, 4.69) is 0 Å². The third-order valence-electron chi connectivity index (χ3n) is 3.35. The monoisotopic (exact) mass is 306 g/mol. The van der Waals surface area contributed by atoms with Gasteiger partial charge in [-0.15, -0.1) is 0 Å². The Balaban J connectivity index is 1.78. The van der Waals surface area contributed by atoms with Crippen molar-refractivity contribution in [2.24, 2.45) is 0 Å². The first kappa shape index (κ1) is 13.6. The lowest BCUT2D eigenvalue weighted by Crippen LogP contribution is -2.08. The topological polar surface area (TPSA) is 29.6 Å². The van der Waals surface area contributed by atoms with Crippen LogP contribution in [-0.2, 0) is 4.74 Å². The number of hydrogen-bond acceptors (Lipinski definition) is 2. The van der Waals surface area contributed by atoms with Crippen LogP contribution in [-0.4, -0.2) is 11.9 Å². The Labute approximate surface area is 127 Å². The summed E-state index contributed by atoms with van der Waals surface area (Å²) in [5, 5.41) is 0.874. The molecule has 1 aliphatic heterocycles. The van der Waals surface area contributed by atoms with Crippen LogP contribution in [0.3, 0.4) is 0 Å². The van der Waals surface area contributed by atoms with Gasteiger partial charge in [-0.25, -0.2) is 0 Å². The van der Waals surface area contributed by atoms with E-state index in [1.807, 2.05) is 31.2 Å². The van der Waals surface area contributed by atoms with Gasteiger partial charge in [-0.3, -0.25) is 4.79 Å². The third kappa shape index (κ3) is 2.59. The summed E-state index contributed by atoms with van der Waals surface area (Å²) in [5.41, 5.74) is 2.65. The predicted octanol–water partition coefficient (Wildman–Crippen LogP) is 4.62. The molecule has 20 heavy (non-hydrogen) atoms. The number of Topliss-reactive ketones (excluding diaryl/α,β-unsaturated/α-hetero) is 1. The van der Waals surface area contributed by atoms with Crippen molar-refractivity contribution in [3.8, 4) is 0 Å². The van der Waals surface area contributed by atoms with Crippen LogP contribution in [0.2, 0.25) is 10.0 Å². The number of ketones is 1. The Morgan fingerprint density at radius 1 is 1.10 bits per heavy atom. The second-order valence-electron chi connectivity index (χ2n) is 4.88. The van der Waals surface area contributed by atoms with Crippen molar-refractivity contribution in [3.05, 3.63) is 69.2 Å². The lowest BCUT2D eigenvalue weighted by atomic mass is 10.0. The Morgan fingerprint density at radius 2 is 1.80 bits per heavy atom. The normalized spacial score (nSPS) is 20.8. The van der Waals surface area contributed by atoms with Gasteiger partial charge in [0.15, 0.2) is 11.9 Å². The number of ether oxygens (including phenoxy) is 1. The number of rotatable bonds is 3. The largest absolute Gasteiger partial charge is 0.356 e. The molecule has 0 N–H and O–H groups in total. The minimum Gasteiger partial charge on any atom is -0.356 e. The van der Waals surface area contributed by atoms with E-state index in [1.54, 1.807) is 18.2 Å². The van der Waals surface area contributed by atoms with Crippen molar-refractivity contribution in [2.75, 3.05) is 0 Å². The first-order valence-corrected chi connectivity index (χ1v) is 7.03. The summed E-state index contributed by atoms with van der Waals surface area (Å²) in [5.74, 6) is -0.0998. The fraction of sp³-hybridized carbons (Fsp3) is 0.188. The van der Waals surface area contributed by atoms with Crippen molar-refractivity contribution >= 4 is 29.0 Å². The molecule has 2 atom stereocenters. The highest BCUT2D eigenvalue weighted by Crippen LogP contribution is 2.41. The zero-order chi connectivity index (χ0) is 14.3. The molecule has 0 aliphatic carbocycles. The smallest absolute Gasteiger partial charge is 0.196 e. The zero-order valence-electron chi connectivity index (χ0n) is 10.8. The van der Waals surface area contributed by atoms with E-state index in [1.165, 1.54) is 5.56 Å². The van der Waals surface area contributed by atoms with Crippen LogP contribution in [0.25, 0.3) is 0 Å². The lowest BCUT2D eigenvalue weighted by Gasteiger charge is -2.02. The average Bonchev–Trinajstić information content (AvgIpc) is 3.19. The zero-order valence-corrected chi connectivity index (χ0v) is 12.3. The first-order valence-electron chi connectivity index (χ1n) is 6.27. The summed E-state index contributed by atoms with van der Waals surface area (Å²) in [6.07, 6.45) is -0.619. The van der Waals surface area contributed by atoms with Crippen molar-refractivity contribution < 1.29 is 9.53 Å². The number of halogens is 2. The molecular formula is C16H12Cl2O2. The maximum atomic E-state index is 12.3. The van der Waals surface area contributed by atoms with Gasteiger partial charge in [-0.1, -0.05) is 53.0 Å². The minimum atomic E-state index is -0.448. The van der Waals surface area contributed by atoms with Gasteiger partial charge in [-0.2, -0.15) is 0 Å². The lowest BCUT2D eigenvalue weighted by molar-refractivity contribution is 0.0954. The molecule has 102 valence electrons. The summed E-state index contributed by atoms with van der Waals surface area (Å²) in [4.78, 5) is 12.3. The van der Waals surface area contributed by atoms with Gasteiger partial charge in [0.2, 0.25) is 0 Å². The molecular weight excluding hydrogens is 295 g/mol. The maximum absolute atomic E-state index is 12.3. The summed E-state index contributed by atoms with van der Waals surface area (Å²) < 4.78 is 5.50. The van der Waals surface area contributed by atoms with Crippen LogP contribution >= 0.6 is 23.2 Å². The van der Waals surface area contributed by atoms with Gasteiger partial charge in [0.1, 0.15) is 6.10 Å². The highest BCUT2D eigenvalue weighted by molar-refractivity contribution is 6.37. The minimum absolute atomic E-state index is 0.0998. The van der Waals surface area contributed by atoms with Gasteiger partial charge in [-0.05, 0) is 30.7 Å². The summed E-state index contributed by atoms with van der Waals surface area (Å²) in [7, 11) is 0. The van der Waals surface area contributed by atoms with E-state index in [-0.39, 0.29) is 11.9 Å². The van der Waals surface area contributed by atoms with Crippen LogP contribution in [0.15, 0.2) is 42.5 Å². The predicted molar refractivity (Wildman–Crippen MR) is 79.6 cm³/mol. The van der Waals surface area contributed by atoms with E-state index >= 15 is 0 Å². The summed E-state index contributed by atoms with van der Waals surface area (Å²) in [6, 6.07) is 12.8. The fourth-order valence-corrected chi connectivity index (χ4v) is 2.67. The van der Waals surface area contributed by atoms with Gasteiger partial charge in [0, 0.05) is 10.6 Å². The quantitative estimate of drug-likeness (QED) is 0.611. The summed E-state index contributed by atoms with van der Waals surface area (Å²) >= 11 is 11.9. The average molecular weight is 307 g/mol. The molecule has 2 nitrogen and oxygen atoms in total. The van der Waals surface area contributed by atoms with E-state index in [4.69, 9.17) is 27.9 Å². The molecule has 0 aromatic heterocycles. The molecule has 0 saturated carbocycles. The molecule has 1 saturated heterocycles. The van der Waals surface area contributed by atoms with Crippen LogP contribution in [0, 0.1) is 6.92 Å². The van der Waals surface area contributed by atoms with E-state index in [0.29, 0.717) is 15.6 Å². The molecule has 0 amide bonds. The molecule has 1 heterocycles. The highest BCUT2D eigenvalue weighted by atomic mass is 35.5. The van der Waals surface area contributed by atoms with Crippen LogP contribution in [0.4, 0.5) is 0 Å². The molecule has 1 fully saturated rings. The first-order chi connectivity index (χ1) is 9.56. The molecule has 3 rings (SSSR count).